The zero-order chi connectivity index (χ0) is 17.5. The molecule has 126 valence electrons. The second kappa shape index (κ2) is 8.66. The molecule has 2 rings (SSSR count). The van der Waals surface area contributed by atoms with Gasteiger partial charge in [-0.2, -0.15) is 0 Å². The average molecular weight is 362 g/mol. The molecule has 0 unspecified atom stereocenters. The van der Waals surface area contributed by atoms with Crippen LogP contribution in [0.15, 0.2) is 48.5 Å². The summed E-state index contributed by atoms with van der Waals surface area (Å²) in [5.41, 5.74) is 8.12. The number of benzene rings is 2. The number of carbonyl (C=O) groups is 1. The molecule has 0 saturated carbocycles. The van der Waals surface area contributed by atoms with Gasteiger partial charge in [-0.05, 0) is 47.5 Å². The summed E-state index contributed by atoms with van der Waals surface area (Å²) < 4.78 is 0. The SMILES string of the molecule is CC(C)c1ccc(NC(=S)NNC(=O)Cc2ccccc2Cl)cc1. The predicted molar refractivity (Wildman–Crippen MR) is 103 cm³/mol. The highest BCUT2D eigenvalue weighted by Gasteiger charge is 2.07. The Bertz CT molecular complexity index is 716. The highest BCUT2D eigenvalue weighted by atomic mass is 35.5. The number of carbonyl (C=O) groups excluding carboxylic acids is 1. The Kier molecular flexibility index (Phi) is 6.58. The molecule has 24 heavy (non-hydrogen) atoms. The molecule has 0 saturated heterocycles. The lowest BCUT2D eigenvalue weighted by molar-refractivity contribution is -0.120. The van der Waals surface area contributed by atoms with Crippen molar-refractivity contribution in [3.05, 3.63) is 64.7 Å². The molecular formula is C18H20ClN3OS. The smallest absolute Gasteiger partial charge is 0.242 e. The Morgan fingerprint density at radius 2 is 1.75 bits per heavy atom. The Labute approximate surface area is 152 Å². The van der Waals surface area contributed by atoms with E-state index in [-0.39, 0.29) is 12.3 Å². The van der Waals surface area contributed by atoms with Gasteiger partial charge < -0.3 is 5.32 Å². The molecule has 0 aromatic heterocycles. The van der Waals surface area contributed by atoms with E-state index in [0.717, 1.165) is 11.3 Å². The van der Waals surface area contributed by atoms with Gasteiger partial charge in [-0.15, -0.1) is 0 Å². The summed E-state index contributed by atoms with van der Waals surface area (Å²) in [7, 11) is 0. The average Bonchev–Trinajstić information content (AvgIpc) is 2.55. The number of halogens is 1. The summed E-state index contributed by atoms with van der Waals surface area (Å²) in [5, 5.41) is 3.91. The maximum atomic E-state index is 11.9. The van der Waals surface area contributed by atoms with Crippen molar-refractivity contribution in [2.45, 2.75) is 26.2 Å². The molecule has 1 amide bonds. The normalized spacial score (nSPS) is 10.3. The first-order chi connectivity index (χ1) is 11.5. The van der Waals surface area contributed by atoms with Crippen LogP contribution in [0, 0.1) is 0 Å². The number of thiocarbonyl (C=S) groups is 1. The Morgan fingerprint density at radius 3 is 2.38 bits per heavy atom. The molecule has 0 aliphatic carbocycles. The lowest BCUT2D eigenvalue weighted by atomic mass is 10.0. The monoisotopic (exact) mass is 361 g/mol. The molecule has 0 aliphatic rings. The molecule has 0 bridgehead atoms. The number of anilines is 1. The van der Waals surface area contributed by atoms with Gasteiger partial charge in [0.15, 0.2) is 5.11 Å². The Morgan fingerprint density at radius 1 is 1.08 bits per heavy atom. The Hall–Kier alpha value is -2.11. The summed E-state index contributed by atoms with van der Waals surface area (Å²) in [6, 6.07) is 15.2. The van der Waals surface area contributed by atoms with Crippen LogP contribution in [-0.2, 0) is 11.2 Å². The molecule has 0 aliphatic heterocycles. The van der Waals surface area contributed by atoms with Gasteiger partial charge in [0.2, 0.25) is 5.91 Å². The van der Waals surface area contributed by atoms with Crippen molar-refractivity contribution in [3.63, 3.8) is 0 Å². The van der Waals surface area contributed by atoms with Crippen molar-refractivity contribution in [1.29, 1.82) is 0 Å². The molecule has 3 N–H and O–H groups in total. The first kappa shape index (κ1) is 18.2. The van der Waals surface area contributed by atoms with E-state index in [4.69, 9.17) is 23.8 Å². The number of rotatable bonds is 4. The maximum absolute atomic E-state index is 11.9. The van der Waals surface area contributed by atoms with Crippen molar-refractivity contribution in [2.75, 3.05) is 5.32 Å². The fourth-order valence-electron chi connectivity index (χ4n) is 2.10. The van der Waals surface area contributed by atoms with Crippen LogP contribution in [0.3, 0.4) is 0 Å². The summed E-state index contributed by atoms with van der Waals surface area (Å²) in [6.07, 6.45) is 0.179. The molecule has 6 heteroatoms. The van der Waals surface area contributed by atoms with E-state index in [2.05, 4.69) is 30.0 Å². The van der Waals surface area contributed by atoms with E-state index >= 15 is 0 Å². The third-order valence-corrected chi connectivity index (χ3v) is 4.03. The number of hydrazine groups is 1. The number of hydrogen-bond acceptors (Lipinski definition) is 2. The number of hydrogen-bond donors (Lipinski definition) is 3. The van der Waals surface area contributed by atoms with E-state index in [0.29, 0.717) is 16.1 Å². The van der Waals surface area contributed by atoms with E-state index in [1.165, 1.54) is 5.56 Å². The second-order valence-corrected chi connectivity index (χ2v) is 6.49. The Balaban J connectivity index is 1.80. The van der Waals surface area contributed by atoms with Crippen LogP contribution < -0.4 is 16.2 Å². The van der Waals surface area contributed by atoms with Crippen molar-refractivity contribution < 1.29 is 4.79 Å². The van der Waals surface area contributed by atoms with Gasteiger partial charge >= 0.3 is 0 Å². The quantitative estimate of drug-likeness (QED) is 0.568. The second-order valence-electron chi connectivity index (χ2n) is 5.67. The third-order valence-electron chi connectivity index (χ3n) is 3.46. The summed E-state index contributed by atoms with van der Waals surface area (Å²) in [5.74, 6) is 0.260. The molecule has 0 atom stereocenters. The zero-order valence-corrected chi connectivity index (χ0v) is 15.2. The fraction of sp³-hybridized carbons (Fsp3) is 0.222. The number of nitrogens with one attached hydrogen (secondary N) is 3. The van der Waals surface area contributed by atoms with Gasteiger partial charge in [-0.3, -0.25) is 15.6 Å². The van der Waals surface area contributed by atoms with Gasteiger partial charge in [0.25, 0.3) is 0 Å². The van der Waals surface area contributed by atoms with E-state index in [1.807, 2.05) is 42.5 Å². The highest BCUT2D eigenvalue weighted by Crippen LogP contribution is 2.17. The maximum Gasteiger partial charge on any atom is 0.242 e. The van der Waals surface area contributed by atoms with Crippen LogP contribution in [0.25, 0.3) is 0 Å². The first-order valence-corrected chi connectivity index (χ1v) is 8.43. The standard InChI is InChI=1S/C18H20ClN3OS/c1-12(2)13-7-9-15(10-8-13)20-18(24)22-21-17(23)11-14-5-3-4-6-16(14)19/h3-10,12H,11H2,1-2H3,(H,21,23)(H2,20,22,24). The van der Waals surface area contributed by atoms with E-state index < -0.39 is 0 Å². The molecule has 2 aromatic rings. The van der Waals surface area contributed by atoms with Crippen molar-refractivity contribution >= 4 is 40.5 Å². The largest absolute Gasteiger partial charge is 0.331 e. The van der Waals surface area contributed by atoms with Crippen LogP contribution in [0.1, 0.15) is 30.9 Å². The van der Waals surface area contributed by atoms with Gasteiger partial charge in [0.05, 0.1) is 6.42 Å². The molecule has 0 heterocycles. The molecule has 0 spiro atoms. The topological polar surface area (TPSA) is 53.2 Å². The van der Waals surface area contributed by atoms with Gasteiger partial charge in [-0.25, -0.2) is 0 Å². The van der Waals surface area contributed by atoms with E-state index in [1.54, 1.807) is 6.07 Å². The van der Waals surface area contributed by atoms with Crippen molar-refractivity contribution in [2.24, 2.45) is 0 Å². The lowest BCUT2D eigenvalue weighted by Gasteiger charge is -2.13. The molecular weight excluding hydrogens is 342 g/mol. The van der Waals surface area contributed by atoms with Crippen LogP contribution in [-0.4, -0.2) is 11.0 Å². The summed E-state index contributed by atoms with van der Waals surface area (Å²) in [4.78, 5) is 11.9. The van der Waals surface area contributed by atoms with Crippen LogP contribution in [0.4, 0.5) is 5.69 Å². The van der Waals surface area contributed by atoms with Crippen LogP contribution in [0.5, 0.6) is 0 Å². The lowest BCUT2D eigenvalue weighted by Crippen LogP contribution is -2.44. The molecule has 0 radical (unpaired) electrons. The fourth-order valence-corrected chi connectivity index (χ4v) is 2.47. The van der Waals surface area contributed by atoms with Gasteiger partial charge in [0, 0.05) is 10.7 Å². The molecule has 2 aromatic carbocycles. The van der Waals surface area contributed by atoms with Gasteiger partial charge in [0.1, 0.15) is 0 Å². The highest BCUT2D eigenvalue weighted by molar-refractivity contribution is 7.80. The summed E-state index contributed by atoms with van der Waals surface area (Å²) >= 11 is 11.2. The van der Waals surface area contributed by atoms with Crippen molar-refractivity contribution in [1.82, 2.24) is 10.9 Å². The zero-order valence-electron chi connectivity index (χ0n) is 13.6. The third kappa shape index (κ3) is 5.51. The minimum Gasteiger partial charge on any atom is -0.331 e. The van der Waals surface area contributed by atoms with Crippen LogP contribution in [0.2, 0.25) is 5.02 Å². The minimum atomic E-state index is -0.220. The predicted octanol–water partition coefficient (Wildman–Crippen LogP) is 4.02. The van der Waals surface area contributed by atoms with Crippen LogP contribution >= 0.6 is 23.8 Å². The minimum absolute atomic E-state index is 0.179. The first-order valence-electron chi connectivity index (χ1n) is 7.65. The molecule has 4 nitrogen and oxygen atoms in total. The number of amides is 1. The summed E-state index contributed by atoms with van der Waals surface area (Å²) in [6.45, 7) is 4.28. The van der Waals surface area contributed by atoms with Crippen molar-refractivity contribution in [3.8, 4) is 0 Å². The van der Waals surface area contributed by atoms with Gasteiger partial charge in [-0.1, -0.05) is 55.8 Å². The van der Waals surface area contributed by atoms with E-state index in [9.17, 15) is 4.79 Å². The molecule has 0 fully saturated rings.